The summed E-state index contributed by atoms with van der Waals surface area (Å²) in [5.41, 5.74) is 6.35. The molecular weight excluding hydrogens is 292 g/mol. The van der Waals surface area contributed by atoms with Crippen molar-refractivity contribution < 1.29 is 0 Å². The molecule has 1 aromatic carbocycles. The molecule has 0 spiro atoms. The molecule has 2 nitrogen and oxygen atoms in total. The van der Waals surface area contributed by atoms with E-state index in [0.29, 0.717) is 0 Å². The van der Waals surface area contributed by atoms with E-state index in [1.54, 1.807) is 6.20 Å². The number of aromatic nitrogens is 1. The first-order valence-corrected chi connectivity index (χ1v) is 9.08. The van der Waals surface area contributed by atoms with E-state index in [1.165, 1.54) is 61.9 Å². The average Bonchev–Trinajstić information content (AvgIpc) is 2.77. The second kappa shape index (κ2) is 6.79. The molecule has 0 unspecified atom stereocenters. The minimum absolute atomic E-state index is 0.844. The van der Waals surface area contributed by atoms with Crippen LogP contribution in [-0.4, -0.2) is 29.0 Å². The fourth-order valence-electron chi connectivity index (χ4n) is 3.85. The summed E-state index contributed by atoms with van der Waals surface area (Å²) in [6.07, 6.45) is 14.7. The largest absolute Gasteiger partial charge is 0.300 e. The Morgan fingerprint density at radius 2 is 1.92 bits per heavy atom. The van der Waals surface area contributed by atoms with E-state index >= 15 is 0 Å². The lowest BCUT2D eigenvalue weighted by Gasteiger charge is -2.36. The third-order valence-corrected chi connectivity index (χ3v) is 5.58. The molecule has 1 saturated carbocycles. The molecule has 0 bridgehead atoms. The highest BCUT2D eigenvalue weighted by atomic mass is 15.2. The second-order valence-electron chi connectivity index (χ2n) is 7.08. The maximum atomic E-state index is 5.40. The minimum Gasteiger partial charge on any atom is -0.300 e. The van der Waals surface area contributed by atoms with Crippen LogP contribution in [0.5, 0.6) is 0 Å². The molecule has 1 fully saturated rings. The Balaban J connectivity index is 1.47. The van der Waals surface area contributed by atoms with Crippen molar-refractivity contribution in [1.29, 1.82) is 0 Å². The van der Waals surface area contributed by atoms with Crippen LogP contribution < -0.4 is 0 Å². The van der Waals surface area contributed by atoms with Gasteiger partial charge in [0.2, 0.25) is 0 Å². The zero-order valence-electron chi connectivity index (χ0n) is 14.2. The lowest BCUT2D eigenvalue weighted by molar-refractivity contribution is 0.133. The lowest BCUT2D eigenvalue weighted by atomic mass is 9.91. The standard InChI is InChI=1S/C22H24N2/c1-2-17-7-9-21(23-16-17)15-18-6-8-19-10-12-24(22-4-3-5-22)13-11-20(19)14-18/h1,6-9,14,16,22H,3-5,10-13,15H2. The van der Waals surface area contributed by atoms with Crippen molar-refractivity contribution >= 4 is 0 Å². The van der Waals surface area contributed by atoms with Crippen LogP contribution >= 0.6 is 0 Å². The maximum Gasteiger partial charge on any atom is 0.0448 e. The molecular formula is C22H24N2. The molecule has 0 saturated heterocycles. The number of hydrogen-bond donors (Lipinski definition) is 0. The van der Waals surface area contributed by atoms with Gasteiger partial charge in [-0.25, -0.2) is 0 Å². The Morgan fingerprint density at radius 3 is 2.58 bits per heavy atom. The van der Waals surface area contributed by atoms with Gasteiger partial charge in [-0.05, 0) is 54.5 Å². The molecule has 2 aromatic rings. The Bertz CT molecular complexity index is 751. The highest BCUT2D eigenvalue weighted by Gasteiger charge is 2.26. The van der Waals surface area contributed by atoms with Gasteiger partial charge in [-0.3, -0.25) is 9.88 Å². The Morgan fingerprint density at radius 1 is 1.08 bits per heavy atom. The van der Waals surface area contributed by atoms with E-state index in [-0.39, 0.29) is 0 Å². The van der Waals surface area contributed by atoms with Crippen LogP contribution in [0.15, 0.2) is 36.5 Å². The van der Waals surface area contributed by atoms with Gasteiger partial charge in [-0.1, -0.05) is 30.5 Å². The van der Waals surface area contributed by atoms with Crippen LogP contribution in [0.2, 0.25) is 0 Å². The summed E-state index contributed by atoms with van der Waals surface area (Å²) in [6.45, 7) is 2.45. The SMILES string of the molecule is C#Cc1ccc(Cc2ccc3c(c2)CCN(C2CCC2)CC3)nc1. The quantitative estimate of drug-likeness (QED) is 0.804. The van der Waals surface area contributed by atoms with Crippen LogP contribution in [0.1, 0.15) is 47.2 Å². The highest BCUT2D eigenvalue weighted by molar-refractivity contribution is 5.36. The summed E-state index contributed by atoms with van der Waals surface area (Å²) in [5.74, 6) is 2.62. The first-order valence-electron chi connectivity index (χ1n) is 9.08. The summed E-state index contributed by atoms with van der Waals surface area (Å²) in [6, 6.07) is 11.9. The molecule has 122 valence electrons. The molecule has 2 heterocycles. The monoisotopic (exact) mass is 316 g/mol. The molecule has 4 rings (SSSR count). The fraction of sp³-hybridized carbons (Fsp3) is 0.409. The number of pyridine rings is 1. The summed E-state index contributed by atoms with van der Waals surface area (Å²) >= 11 is 0. The van der Waals surface area contributed by atoms with Crippen molar-refractivity contribution in [3.05, 3.63) is 64.5 Å². The second-order valence-corrected chi connectivity index (χ2v) is 7.08. The molecule has 2 heteroatoms. The molecule has 1 aliphatic carbocycles. The number of fused-ring (bicyclic) bond motifs is 1. The van der Waals surface area contributed by atoms with Crippen LogP contribution in [0, 0.1) is 12.3 Å². The summed E-state index contributed by atoms with van der Waals surface area (Å²) in [5, 5.41) is 0. The van der Waals surface area contributed by atoms with Gasteiger partial charge in [0.05, 0.1) is 0 Å². The Kier molecular flexibility index (Phi) is 4.36. The zero-order chi connectivity index (χ0) is 16.4. The maximum absolute atomic E-state index is 5.40. The van der Waals surface area contributed by atoms with E-state index in [0.717, 1.165) is 23.7 Å². The van der Waals surface area contributed by atoms with Gasteiger partial charge >= 0.3 is 0 Å². The molecule has 0 N–H and O–H groups in total. The Labute approximate surface area is 144 Å². The van der Waals surface area contributed by atoms with Crippen LogP contribution in [-0.2, 0) is 19.3 Å². The van der Waals surface area contributed by atoms with Crippen molar-refractivity contribution in [2.24, 2.45) is 0 Å². The van der Waals surface area contributed by atoms with Gasteiger partial charge in [0.25, 0.3) is 0 Å². The Hall–Kier alpha value is -2.11. The van der Waals surface area contributed by atoms with Crippen LogP contribution in [0.4, 0.5) is 0 Å². The van der Waals surface area contributed by atoms with Gasteiger partial charge in [0.1, 0.15) is 0 Å². The normalized spacial score (nSPS) is 18.3. The van der Waals surface area contributed by atoms with Gasteiger partial charge in [-0.15, -0.1) is 6.42 Å². The minimum atomic E-state index is 0.844. The van der Waals surface area contributed by atoms with Crippen molar-refractivity contribution in [3.8, 4) is 12.3 Å². The number of hydrogen-bond acceptors (Lipinski definition) is 2. The van der Waals surface area contributed by atoms with Gasteiger partial charge in [-0.2, -0.15) is 0 Å². The zero-order valence-corrected chi connectivity index (χ0v) is 14.2. The highest BCUT2D eigenvalue weighted by Crippen LogP contribution is 2.27. The van der Waals surface area contributed by atoms with E-state index in [2.05, 4.69) is 34.0 Å². The lowest BCUT2D eigenvalue weighted by Crippen LogP contribution is -2.41. The fourth-order valence-corrected chi connectivity index (χ4v) is 3.85. The van der Waals surface area contributed by atoms with E-state index in [1.807, 2.05) is 12.1 Å². The average molecular weight is 316 g/mol. The number of terminal acetylenes is 1. The van der Waals surface area contributed by atoms with E-state index in [4.69, 9.17) is 6.42 Å². The summed E-state index contributed by atoms with van der Waals surface area (Å²) in [4.78, 5) is 7.19. The molecule has 0 radical (unpaired) electrons. The van der Waals surface area contributed by atoms with Crippen molar-refractivity contribution in [3.63, 3.8) is 0 Å². The van der Waals surface area contributed by atoms with Crippen molar-refractivity contribution in [2.75, 3.05) is 13.1 Å². The van der Waals surface area contributed by atoms with E-state index < -0.39 is 0 Å². The third kappa shape index (κ3) is 3.23. The predicted molar refractivity (Wildman–Crippen MR) is 98.0 cm³/mol. The van der Waals surface area contributed by atoms with E-state index in [9.17, 15) is 0 Å². The van der Waals surface area contributed by atoms with Gasteiger partial charge in [0, 0.05) is 43.0 Å². The molecule has 0 atom stereocenters. The molecule has 1 aromatic heterocycles. The van der Waals surface area contributed by atoms with Crippen LogP contribution in [0.25, 0.3) is 0 Å². The molecule has 2 aliphatic rings. The molecule has 1 aliphatic heterocycles. The topological polar surface area (TPSA) is 16.1 Å². The van der Waals surface area contributed by atoms with Gasteiger partial charge < -0.3 is 0 Å². The summed E-state index contributed by atoms with van der Waals surface area (Å²) < 4.78 is 0. The number of rotatable bonds is 3. The van der Waals surface area contributed by atoms with Gasteiger partial charge in [0.15, 0.2) is 0 Å². The number of benzene rings is 1. The first-order chi connectivity index (χ1) is 11.8. The molecule has 24 heavy (non-hydrogen) atoms. The first kappa shape index (κ1) is 15.4. The number of nitrogens with zero attached hydrogens (tertiary/aromatic N) is 2. The van der Waals surface area contributed by atoms with Crippen LogP contribution in [0.3, 0.4) is 0 Å². The predicted octanol–water partition coefficient (Wildman–Crippen LogP) is 3.61. The third-order valence-electron chi connectivity index (χ3n) is 5.58. The smallest absolute Gasteiger partial charge is 0.0448 e. The summed E-state index contributed by atoms with van der Waals surface area (Å²) in [7, 11) is 0. The molecule has 0 amide bonds. The van der Waals surface area contributed by atoms with Crippen molar-refractivity contribution in [1.82, 2.24) is 9.88 Å². The van der Waals surface area contributed by atoms with Crippen molar-refractivity contribution in [2.45, 2.75) is 44.6 Å².